The summed E-state index contributed by atoms with van der Waals surface area (Å²) in [6.07, 6.45) is 2.16. The van der Waals surface area contributed by atoms with Crippen LogP contribution in [0.3, 0.4) is 0 Å². The van der Waals surface area contributed by atoms with E-state index in [1.807, 2.05) is 61.0 Å². The highest BCUT2D eigenvalue weighted by Crippen LogP contribution is 2.33. The molecular weight excluding hydrogens is 500 g/mol. The first kappa shape index (κ1) is 28.4. The number of aromatic nitrogens is 3. The van der Waals surface area contributed by atoms with Gasteiger partial charge in [0.1, 0.15) is 12.4 Å². The number of nitrogens with zero attached hydrogens (tertiary/aromatic N) is 4. The lowest BCUT2D eigenvalue weighted by atomic mass is 9.93. The molecule has 2 heterocycles. The molecule has 0 spiro atoms. The molecule has 0 fully saturated rings. The predicted octanol–water partition coefficient (Wildman–Crippen LogP) is 6.65. The van der Waals surface area contributed by atoms with Crippen molar-refractivity contribution in [2.24, 2.45) is 0 Å². The van der Waals surface area contributed by atoms with Gasteiger partial charge in [-0.2, -0.15) is 10.4 Å². The van der Waals surface area contributed by atoms with E-state index in [1.165, 1.54) is 0 Å². The molecule has 0 saturated heterocycles. The molecule has 40 heavy (non-hydrogen) atoms. The number of benzene rings is 2. The molecule has 4 aromatic rings. The third-order valence-electron chi connectivity index (χ3n) is 6.64. The first-order valence-electron chi connectivity index (χ1n) is 13.5. The summed E-state index contributed by atoms with van der Waals surface area (Å²) in [6.45, 7) is 12.4. The van der Waals surface area contributed by atoms with E-state index in [-0.39, 0.29) is 24.2 Å². The molecule has 4 rings (SSSR count). The van der Waals surface area contributed by atoms with Crippen LogP contribution in [0.15, 0.2) is 48.7 Å². The number of hydrogen-bond donors (Lipinski definition) is 0. The van der Waals surface area contributed by atoms with Crippen LogP contribution >= 0.6 is 0 Å². The molecule has 2 aromatic carbocycles. The van der Waals surface area contributed by atoms with Crippen molar-refractivity contribution in [3.8, 4) is 34.8 Å². The van der Waals surface area contributed by atoms with Gasteiger partial charge in [-0.3, -0.25) is 4.79 Å². The average molecular weight is 535 g/mol. The summed E-state index contributed by atoms with van der Waals surface area (Å²) in [5.74, 6) is 7.18. The Hall–Kier alpha value is -4.62. The highest BCUT2D eigenvalue weighted by molar-refractivity contribution is 5.82. The number of carbonyl (C=O) groups is 1. The third-order valence-corrected chi connectivity index (χ3v) is 6.64. The lowest BCUT2D eigenvalue weighted by Gasteiger charge is -2.14. The van der Waals surface area contributed by atoms with Crippen LogP contribution in [0.25, 0.3) is 16.8 Å². The Kier molecular flexibility index (Phi) is 8.86. The minimum atomic E-state index is -0.261. The number of esters is 1. The van der Waals surface area contributed by atoms with Crippen LogP contribution in [-0.2, 0) is 16.1 Å². The maximum Gasteiger partial charge on any atom is 0.307 e. The van der Waals surface area contributed by atoms with Gasteiger partial charge in [0.05, 0.1) is 30.6 Å². The van der Waals surface area contributed by atoms with E-state index >= 15 is 0 Å². The Morgan fingerprint density at radius 3 is 2.40 bits per heavy atom. The average Bonchev–Trinajstić information content (AvgIpc) is 3.36. The van der Waals surface area contributed by atoms with Crippen LogP contribution in [0.5, 0.6) is 5.75 Å². The molecule has 7 nitrogen and oxygen atoms in total. The van der Waals surface area contributed by atoms with Crippen LogP contribution in [-0.4, -0.2) is 27.2 Å². The monoisotopic (exact) mass is 534 g/mol. The van der Waals surface area contributed by atoms with Crippen LogP contribution < -0.4 is 4.74 Å². The number of rotatable bonds is 9. The summed E-state index contributed by atoms with van der Waals surface area (Å²) in [7, 11) is 0. The molecule has 0 amide bonds. The molecule has 0 bridgehead atoms. The first-order chi connectivity index (χ1) is 19.2. The number of carbonyl (C=O) groups excluding carboxylic acids is 1. The number of pyridine rings is 1. The molecule has 1 atom stereocenters. The van der Waals surface area contributed by atoms with Gasteiger partial charge in [0.2, 0.25) is 0 Å². The molecule has 0 unspecified atom stereocenters. The number of nitriles is 1. The molecule has 7 heteroatoms. The van der Waals surface area contributed by atoms with Gasteiger partial charge in [0.15, 0.2) is 11.5 Å². The second-order valence-corrected chi connectivity index (χ2v) is 10.1. The Labute approximate surface area is 235 Å². The van der Waals surface area contributed by atoms with Crippen molar-refractivity contribution < 1.29 is 14.3 Å². The minimum Gasteiger partial charge on any atom is -0.489 e. The smallest absolute Gasteiger partial charge is 0.307 e. The van der Waals surface area contributed by atoms with Gasteiger partial charge >= 0.3 is 5.97 Å². The van der Waals surface area contributed by atoms with Crippen molar-refractivity contribution in [1.82, 2.24) is 14.6 Å². The summed E-state index contributed by atoms with van der Waals surface area (Å²) in [6, 6.07) is 15.8. The van der Waals surface area contributed by atoms with E-state index in [0.29, 0.717) is 24.5 Å². The standard InChI is InChI=1S/C33H34N4O3/c1-7-9-27(17-30(38)39-8-2)26-10-12-28(13-11-26)40-20-25-16-29(31-22(5)14-24(18-34)15-23(31)6)33-35-32(21(3)4)36-37(33)19-25/h10-16,19,21,27H,8,17,20H2,1-6H3/t27-/m0/s1. The summed E-state index contributed by atoms with van der Waals surface area (Å²) in [5, 5.41) is 14.2. The Morgan fingerprint density at radius 1 is 1.10 bits per heavy atom. The molecule has 0 saturated carbocycles. The van der Waals surface area contributed by atoms with E-state index in [4.69, 9.17) is 19.6 Å². The molecular formula is C33H34N4O3. The lowest BCUT2D eigenvalue weighted by Crippen LogP contribution is -2.09. The fourth-order valence-corrected chi connectivity index (χ4v) is 4.79. The highest BCUT2D eigenvalue weighted by atomic mass is 16.5. The van der Waals surface area contributed by atoms with E-state index in [0.717, 1.165) is 44.9 Å². The Bertz CT molecular complexity index is 1610. The largest absolute Gasteiger partial charge is 0.489 e. The predicted molar refractivity (Wildman–Crippen MR) is 155 cm³/mol. The van der Waals surface area contributed by atoms with E-state index < -0.39 is 0 Å². The number of ether oxygens (including phenoxy) is 2. The van der Waals surface area contributed by atoms with Crippen molar-refractivity contribution in [2.75, 3.05) is 6.61 Å². The van der Waals surface area contributed by atoms with Crippen molar-refractivity contribution in [3.63, 3.8) is 0 Å². The van der Waals surface area contributed by atoms with Crippen molar-refractivity contribution in [3.05, 3.63) is 82.3 Å². The van der Waals surface area contributed by atoms with Crippen LogP contribution in [0.1, 0.15) is 79.6 Å². The van der Waals surface area contributed by atoms with Crippen LogP contribution in [0.4, 0.5) is 0 Å². The van der Waals surface area contributed by atoms with Gasteiger partial charge in [-0.05, 0) is 80.3 Å². The third kappa shape index (κ3) is 6.33. The molecule has 2 aromatic heterocycles. The topological polar surface area (TPSA) is 89.5 Å². The molecule has 0 radical (unpaired) electrons. The molecule has 0 aliphatic carbocycles. The van der Waals surface area contributed by atoms with E-state index in [9.17, 15) is 10.1 Å². The number of hydrogen-bond acceptors (Lipinski definition) is 6. The molecule has 0 aliphatic heterocycles. The van der Waals surface area contributed by atoms with Crippen LogP contribution in [0.2, 0.25) is 0 Å². The van der Waals surface area contributed by atoms with E-state index in [1.54, 1.807) is 13.8 Å². The Balaban J connectivity index is 1.63. The molecule has 204 valence electrons. The normalized spacial score (nSPS) is 11.6. The number of fused-ring (bicyclic) bond motifs is 1. The lowest BCUT2D eigenvalue weighted by molar-refractivity contribution is -0.143. The van der Waals surface area contributed by atoms with Gasteiger partial charge in [0.25, 0.3) is 0 Å². The fraction of sp³-hybridized carbons (Fsp3) is 0.333. The first-order valence-corrected chi connectivity index (χ1v) is 13.5. The maximum absolute atomic E-state index is 12.0. The zero-order valence-corrected chi connectivity index (χ0v) is 23.9. The van der Waals surface area contributed by atoms with E-state index in [2.05, 4.69) is 37.8 Å². The second kappa shape index (κ2) is 12.5. The SMILES string of the molecule is CC#C[C@@H](CC(=O)OCC)c1ccc(OCc2cc(-c3c(C)cc(C#N)cc3C)c3nc(C(C)C)nn3c2)cc1. The van der Waals surface area contributed by atoms with Crippen molar-refractivity contribution in [2.45, 2.75) is 66.4 Å². The van der Waals surface area contributed by atoms with Crippen LogP contribution in [0, 0.1) is 37.0 Å². The summed E-state index contributed by atoms with van der Waals surface area (Å²) in [5.41, 5.74) is 7.30. The van der Waals surface area contributed by atoms with Gasteiger partial charge < -0.3 is 9.47 Å². The Morgan fingerprint density at radius 2 is 1.80 bits per heavy atom. The van der Waals surface area contributed by atoms with Gasteiger partial charge in [-0.1, -0.05) is 31.9 Å². The summed E-state index contributed by atoms with van der Waals surface area (Å²) < 4.78 is 13.1. The van der Waals surface area contributed by atoms with Crippen molar-refractivity contribution in [1.29, 1.82) is 5.26 Å². The highest BCUT2D eigenvalue weighted by Gasteiger charge is 2.18. The zero-order chi connectivity index (χ0) is 28.8. The quantitative estimate of drug-likeness (QED) is 0.176. The zero-order valence-electron chi connectivity index (χ0n) is 23.9. The molecule has 0 aliphatic rings. The van der Waals surface area contributed by atoms with Gasteiger partial charge in [0, 0.05) is 23.2 Å². The number of aryl methyl sites for hydroxylation is 2. The second-order valence-electron chi connectivity index (χ2n) is 10.1. The summed E-state index contributed by atoms with van der Waals surface area (Å²) >= 11 is 0. The minimum absolute atomic E-state index is 0.180. The summed E-state index contributed by atoms with van der Waals surface area (Å²) in [4.78, 5) is 16.9. The van der Waals surface area contributed by atoms with Crippen molar-refractivity contribution >= 4 is 11.6 Å². The molecule has 0 N–H and O–H groups in total. The van der Waals surface area contributed by atoms with Gasteiger partial charge in [-0.25, -0.2) is 9.50 Å². The maximum atomic E-state index is 12.0. The fourth-order valence-electron chi connectivity index (χ4n) is 4.79. The van der Waals surface area contributed by atoms with Gasteiger partial charge in [-0.15, -0.1) is 5.92 Å².